The van der Waals surface area contributed by atoms with Gasteiger partial charge in [0.15, 0.2) is 0 Å². The van der Waals surface area contributed by atoms with Crippen LogP contribution in [0.3, 0.4) is 0 Å². The Morgan fingerprint density at radius 3 is 2.27 bits per heavy atom. The zero-order chi connectivity index (χ0) is 11.3. The van der Waals surface area contributed by atoms with E-state index in [1.807, 2.05) is 0 Å². The first kappa shape index (κ1) is 10.7. The maximum absolute atomic E-state index is 11.0. The number of aromatic nitrogens is 3. The SMILES string of the molecule is O=CC(=O)N(Cn1cncn1)C(=O)C=O. The third-order valence-corrected chi connectivity index (χ3v) is 1.49. The monoisotopic (exact) mass is 210 g/mol. The van der Waals surface area contributed by atoms with Crippen LogP contribution >= 0.6 is 0 Å². The molecule has 78 valence electrons. The van der Waals surface area contributed by atoms with Crippen molar-refractivity contribution < 1.29 is 19.2 Å². The molecule has 1 aromatic rings. The second-order valence-corrected chi connectivity index (χ2v) is 2.42. The average Bonchev–Trinajstić information content (AvgIpc) is 2.76. The first-order valence-corrected chi connectivity index (χ1v) is 3.77. The van der Waals surface area contributed by atoms with Gasteiger partial charge in [0.2, 0.25) is 12.6 Å². The highest BCUT2D eigenvalue weighted by Crippen LogP contribution is 1.92. The quantitative estimate of drug-likeness (QED) is 0.420. The molecule has 0 N–H and O–H groups in total. The van der Waals surface area contributed by atoms with E-state index in [0.717, 1.165) is 4.68 Å². The number of carbonyl (C=O) groups excluding carboxylic acids is 4. The molecule has 15 heavy (non-hydrogen) atoms. The molecule has 0 bridgehead atoms. The summed E-state index contributed by atoms with van der Waals surface area (Å²) in [5.74, 6) is -2.22. The Labute approximate surface area is 83.5 Å². The van der Waals surface area contributed by atoms with Crippen molar-refractivity contribution in [2.24, 2.45) is 0 Å². The van der Waals surface area contributed by atoms with Gasteiger partial charge in [0.1, 0.15) is 19.3 Å². The highest BCUT2D eigenvalue weighted by molar-refractivity contribution is 6.35. The molecular weight excluding hydrogens is 204 g/mol. The Morgan fingerprint density at radius 1 is 1.27 bits per heavy atom. The fourth-order valence-corrected chi connectivity index (χ4v) is 0.826. The fourth-order valence-electron chi connectivity index (χ4n) is 0.826. The van der Waals surface area contributed by atoms with E-state index < -0.39 is 11.8 Å². The van der Waals surface area contributed by atoms with Gasteiger partial charge in [-0.05, 0) is 0 Å². The highest BCUT2D eigenvalue weighted by atomic mass is 16.2. The van der Waals surface area contributed by atoms with E-state index >= 15 is 0 Å². The molecule has 0 aliphatic rings. The van der Waals surface area contributed by atoms with Crippen molar-refractivity contribution in [2.45, 2.75) is 6.67 Å². The Kier molecular flexibility index (Phi) is 3.38. The summed E-state index contributed by atoms with van der Waals surface area (Å²) >= 11 is 0. The van der Waals surface area contributed by atoms with Gasteiger partial charge in [-0.15, -0.1) is 0 Å². The standard InChI is InChI=1S/C7H6N4O4/c12-1-6(14)11(7(15)2-13)5-10-4-8-3-9-10/h1-4H,5H2. The summed E-state index contributed by atoms with van der Waals surface area (Å²) in [7, 11) is 0. The molecule has 8 heteroatoms. The lowest BCUT2D eigenvalue weighted by Gasteiger charge is -2.14. The highest BCUT2D eigenvalue weighted by Gasteiger charge is 2.20. The number of aldehydes is 2. The zero-order valence-electron chi connectivity index (χ0n) is 7.44. The summed E-state index contributed by atoms with van der Waals surface area (Å²) < 4.78 is 1.13. The number of imide groups is 1. The third kappa shape index (κ3) is 2.53. The van der Waals surface area contributed by atoms with Crippen LogP contribution in [0.15, 0.2) is 12.7 Å². The predicted octanol–water partition coefficient (Wildman–Crippen LogP) is -2.01. The van der Waals surface area contributed by atoms with Gasteiger partial charge < -0.3 is 0 Å². The summed E-state index contributed by atoms with van der Waals surface area (Å²) in [6.07, 6.45) is 2.31. The largest absolute Gasteiger partial charge is 0.295 e. The molecule has 0 aromatic carbocycles. The van der Waals surface area contributed by atoms with Crippen LogP contribution in [0.5, 0.6) is 0 Å². The Morgan fingerprint density at radius 2 is 1.87 bits per heavy atom. The van der Waals surface area contributed by atoms with Crippen molar-refractivity contribution >= 4 is 24.4 Å². The van der Waals surface area contributed by atoms with Crippen molar-refractivity contribution in [1.82, 2.24) is 19.7 Å². The van der Waals surface area contributed by atoms with Gasteiger partial charge in [0.25, 0.3) is 11.8 Å². The molecule has 0 fully saturated rings. The van der Waals surface area contributed by atoms with Crippen molar-refractivity contribution in [3.05, 3.63) is 12.7 Å². The number of rotatable bonds is 4. The van der Waals surface area contributed by atoms with Crippen LogP contribution in [0, 0.1) is 0 Å². The first-order chi connectivity index (χ1) is 7.19. The predicted molar refractivity (Wildman–Crippen MR) is 44.0 cm³/mol. The molecule has 0 atom stereocenters. The molecular formula is C7H6N4O4. The lowest BCUT2D eigenvalue weighted by Crippen LogP contribution is -2.39. The second kappa shape index (κ2) is 4.74. The Hall–Kier alpha value is -2.38. The molecule has 0 aliphatic heterocycles. The average molecular weight is 210 g/mol. The summed E-state index contributed by atoms with van der Waals surface area (Å²) in [5.41, 5.74) is 0. The minimum Gasteiger partial charge on any atom is -0.292 e. The number of nitrogens with zero attached hydrogens (tertiary/aromatic N) is 4. The van der Waals surface area contributed by atoms with E-state index in [1.54, 1.807) is 0 Å². The van der Waals surface area contributed by atoms with Gasteiger partial charge >= 0.3 is 0 Å². The molecule has 0 spiro atoms. The maximum Gasteiger partial charge on any atom is 0.295 e. The van der Waals surface area contributed by atoms with Crippen molar-refractivity contribution in [3.8, 4) is 0 Å². The number of hydrogen-bond acceptors (Lipinski definition) is 6. The zero-order valence-corrected chi connectivity index (χ0v) is 7.44. The van der Waals surface area contributed by atoms with Crippen molar-refractivity contribution in [2.75, 3.05) is 0 Å². The van der Waals surface area contributed by atoms with Crippen LogP contribution in [0.2, 0.25) is 0 Å². The van der Waals surface area contributed by atoms with Gasteiger partial charge in [-0.3, -0.25) is 19.2 Å². The second-order valence-electron chi connectivity index (χ2n) is 2.42. The van der Waals surface area contributed by atoms with Crippen LogP contribution in [-0.4, -0.2) is 44.1 Å². The molecule has 0 saturated carbocycles. The van der Waals surface area contributed by atoms with Crippen LogP contribution < -0.4 is 0 Å². The van der Waals surface area contributed by atoms with Crippen molar-refractivity contribution in [3.63, 3.8) is 0 Å². The van der Waals surface area contributed by atoms with Crippen LogP contribution in [0.1, 0.15) is 0 Å². The van der Waals surface area contributed by atoms with Crippen LogP contribution in [0.4, 0.5) is 0 Å². The molecule has 0 radical (unpaired) electrons. The minimum absolute atomic E-state index is 0.0572. The van der Waals surface area contributed by atoms with E-state index in [2.05, 4.69) is 10.1 Å². The maximum atomic E-state index is 11.0. The lowest BCUT2D eigenvalue weighted by molar-refractivity contribution is -0.152. The number of carbonyl (C=O) groups is 4. The summed E-state index contributed by atoms with van der Waals surface area (Å²) in [4.78, 5) is 46.3. The van der Waals surface area contributed by atoms with Crippen molar-refractivity contribution in [1.29, 1.82) is 0 Å². The van der Waals surface area contributed by atoms with Gasteiger partial charge in [0, 0.05) is 0 Å². The van der Waals surface area contributed by atoms with E-state index in [1.165, 1.54) is 12.7 Å². The summed E-state index contributed by atoms with van der Waals surface area (Å²) in [5, 5.41) is 3.62. The topological polar surface area (TPSA) is 102 Å². The Bertz CT molecular complexity index is 366. The number of hydrogen-bond donors (Lipinski definition) is 0. The minimum atomic E-state index is -1.11. The third-order valence-electron chi connectivity index (χ3n) is 1.49. The lowest BCUT2D eigenvalue weighted by atomic mass is 10.5. The van der Waals surface area contributed by atoms with Gasteiger partial charge in [-0.2, -0.15) is 5.10 Å². The van der Waals surface area contributed by atoms with E-state index in [4.69, 9.17) is 0 Å². The van der Waals surface area contributed by atoms with Gasteiger partial charge in [-0.1, -0.05) is 0 Å². The Balaban J connectivity index is 2.82. The molecule has 1 rings (SSSR count). The number of amides is 2. The summed E-state index contributed by atoms with van der Waals surface area (Å²) in [6.45, 7) is -0.324. The normalized spacial score (nSPS) is 9.33. The molecule has 8 nitrogen and oxygen atoms in total. The van der Waals surface area contributed by atoms with E-state index in [0.29, 0.717) is 4.90 Å². The van der Waals surface area contributed by atoms with E-state index in [-0.39, 0.29) is 19.2 Å². The smallest absolute Gasteiger partial charge is 0.292 e. The molecule has 0 saturated heterocycles. The molecule has 0 aliphatic carbocycles. The molecule has 1 aromatic heterocycles. The van der Waals surface area contributed by atoms with Crippen LogP contribution in [-0.2, 0) is 25.8 Å². The van der Waals surface area contributed by atoms with E-state index in [9.17, 15) is 19.2 Å². The van der Waals surface area contributed by atoms with Gasteiger partial charge in [0.05, 0.1) is 0 Å². The molecule has 0 unspecified atom stereocenters. The van der Waals surface area contributed by atoms with Gasteiger partial charge in [-0.25, -0.2) is 14.6 Å². The first-order valence-electron chi connectivity index (χ1n) is 3.77. The van der Waals surface area contributed by atoms with Crippen LogP contribution in [0.25, 0.3) is 0 Å². The summed E-state index contributed by atoms with van der Waals surface area (Å²) in [6, 6.07) is 0. The molecule has 1 heterocycles. The fraction of sp³-hybridized carbons (Fsp3) is 0.143. The molecule has 2 amide bonds.